The summed E-state index contributed by atoms with van der Waals surface area (Å²) in [7, 11) is -2.08. The average molecular weight is 250 g/mol. The molecule has 0 fully saturated rings. The van der Waals surface area contributed by atoms with Crippen molar-refractivity contribution in [2.75, 3.05) is 13.4 Å². The summed E-state index contributed by atoms with van der Waals surface area (Å²) in [5, 5.41) is 8.80. The van der Waals surface area contributed by atoms with Crippen LogP contribution in [0.3, 0.4) is 0 Å². The van der Waals surface area contributed by atoms with Crippen LogP contribution < -0.4 is 4.74 Å². The number of rotatable bonds is 1. The van der Waals surface area contributed by atoms with Crippen LogP contribution in [0.5, 0.6) is 11.5 Å². The van der Waals surface area contributed by atoms with Crippen molar-refractivity contribution >= 4 is 10.1 Å². The number of ether oxygens (including phenoxy) is 1. The van der Waals surface area contributed by atoms with E-state index in [1.165, 1.54) is 0 Å². The van der Waals surface area contributed by atoms with Gasteiger partial charge in [0.1, 0.15) is 11.5 Å². The molecular weight excluding hydrogens is 232 g/mol. The molecule has 0 amide bonds. The molecule has 0 aliphatic rings. The van der Waals surface area contributed by atoms with Crippen molar-refractivity contribution in [2.45, 2.75) is 13.8 Å². The van der Waals surface area contributed by atoms with Crippen LogP contribution in [0.1, 0.15) is 13.8 Å². The molecular formula is C10H18O5S. The van der Waals surface area contributed by atoms with Crippen molar-refractivity contribution in [3.05, 3.63) is 24.3 Å². The van der Waals surface area contributed by atoms with Crippen molar-refractivity contribution in [1.82, 2.24) is 0 Å². The van der Waals surface area contributed by atoms with Gasteiger partial charge in [-0.2, -0.15) is 8.42 Å². The lowest BCUT2D eigenvalue weighted by Gasteiger charge is -1.96. The first kappa shape index (κ1) is 17.1. The molecule has 0 saturated heterocycles. The van der Waals surface area contributed by atoms with E-state index in [0.717, 1.165) is 5.75 Å². The van der Waals surface area contributed by atoms with E-state index in [1.54, 1.807) is 31.4 Å². The van der Waals surface area contributed by atoms with Gasteiger partial charge in [-0.3, -0.25) is 4.55 Å². The van der Waals surface area contributed by atoms with Gasteiger partial charge in [0.2, 0.25) is 0 Å². The van der Waals surface area contributed by atoms with Gasteiger partial charge in [0.25, 0.3) is 10.1 Å². The minimum atomic E-state index is -3.67. The maximum absolute atomic E-state index is 9.19. The molecule has 0 radical (unpaired) electrons. The van der Waals surface area contributed by atoms with Crippen LogP contribution in [0.25, 0.3) is 0 Å². The molecule has 0 aliphatic carbocycles. The summed E-state index contributed by atoms with van der Waals surface area (Å²) in [4.78, 5) is 0. The third kappa shape index (κ3) is 15.2. The number of benzene rings is 1. The minimum Gasteiger partial charge on any atom is -0.508 e. The number of aromatic hydroxyl groups is 1. The summed E-state index contributed by atoms with van der Waals surface area (Å²) in [5.41, 5.74) is 0. The number of hydrogen-bond acceptors (Lipinski definition) is 4. The molecule has 94 valence electrons. The summed E-state index contributed by atoms with van der Waals surface area (Å²) in [5.74, 6) is 1.02. The number of phenolic OH excluding ortho intramolecular Hbond substituents is 1. The standard InChI is InChI=1S/C7H8O2.C2H6.CH4O3S/c1-9-7-4-2-6(8)3-5-7;1-2;1-5(2,3)4/h2-5,8H,1H3;1-2H3;1H3,(H,2,3,4). The van der Waals surface area contributed by atoms with Crippen LogP contribution in [0.15, 0.2) is 24.3 Å². The van der Waals surface area contributed by atoms with E-state index in [4.69, 9.17) is 14.4 Å². The highest BCUT2D eigenvalue weighted by molar-refractivity contribution is 7.85. The minimum absolute atomic E-state index is 0.260. The Hall–Kier alpha value is -1.27. The fraction of sp³-hybridized carbons (Fsp3) is 0.400. The molecule has 16 heavy (non-hydrogen) atoms. The molecule has 2 N–H and O–H groups in total. The van der Waals surface area contributed by atoms with E-state index in [2.05, 4.69) is 0 Å². The Morgan fingerprint density at radius 2 is 1.44 bits per heavy atom. The third-order valence-electron chi connectivity index (χ3n) is 1.07. The van der Waals surface area contributed by atoms with Crippen molar-refractivity contribution in [1.29, 1.82) is 0 Å². The maximum atomic E-state index is 9.19. The fourth-order valence-electron chi connectivity index (χ4n) is 0.582. The maximum Gasteiger partial charge on any atom is 0.261 e. The normalized spacial score (nSPS) is 9.06. The van der Waals surface area contributed by atoms with Crippen molar-refractivity contribution in [2.24, 2.45) is 0 Å². The Morgan fingerprint density at radius 1 is 1.12 bits per heavy atom. The van der Waals surface area contributed by atoms with Crippen molar-refractivity contribution in [3.8, 4) is 11.5 Å². The number of methoxy groups -OCH3 is 1. The van der Waals surface area contributed by atoms with Gasteiger partial charge in [-0.15, -0.1) is 0 Å². The largest absolute Gasteiger partial charge is 0.508 e. The Labute approximate surface area is 96.4 Å². The molecule has 0 aliphatic heterocycles. The topological polar surface area (TPSA) is 83.8 Å². The van der Waals surface area contributed by atoms with E-state index in [9.17, 15) is 8.42 Å². The van der Waals surface area contributed by atoms with Gasteiger partial charge in [0.15, 0.2) is 0 Å². The molecule has 0 unspecified atom stereocenters. The van der Waals surface area contributed by atoms with E-state index < -0.39 is 10.1 Å². The molecule has 5 nitrogen and oxygen atoms in total. The lowest BCUT2D eigenvalue weighted by atomic mass is 10.3. The van der Waals surface area contributed by atoms with Gasteiger partial charge < -0.3 is 9.84 Å². The Kier molecular flexibility index (Phi) is 9.63. The predicted octanol–water partition coefficient (Wildman–Crippen LogP) is 1.93. The summed E-state index contributed by atoms with van der Waals surface area (Å²) in [6.07, 6.45) is 0.715. The molecule has 6 heteroatoms. The Bertz CT molecular complexity index is 347. The summed E-state index contributed by atoms with van der Waals surface area (Å²) in [6, 6.07) is 6.57. The van der Waals surface area contributed by atoms with E-state index in [-0.39, 0.29) is 5.75 Å². The van der Waals surface area contributed by atoms with E-state index in [1.807, 2.05) is 13.8 Å². The monoisotopic (exact) mass is 250 g/mol. The lowest BCUT2D eigenvalue weighted by Crippen LogP contribution is -1.88. The second-order valence-corrected chi connectivity index (χ2v) is 3.90. The van der Waals surface area contributed by atoms with E-state index >= 15 is 0 Å². The number of hydrogen-bond donors (Lipinski definition) is 2. The third-order valence-corrected chi connectivity index (χ3v) is 1.07. The Balaban J connectivity index is 0. The van der Waals surface area contributed by atoms with Gasteiger partial charge in [-0.25, -0.2) is 0 Å². The molecule has 0 aromatic heterocycles. The zero-order valence-corrected chi connectivity index (χ0v) is 10.7. The van der Waals surface area contributed by atoms with Crippen LogP contribution in [0.4, 0.5) is 0 Å². The second kappa shape index (κ2) is 8.99. The first-order valence-corrected chi connectivity index (χ1v) is 6.43. The first-order valence-electron chi connectivity index (χ1n) is 4.58. The summed E-state index contributed by atoms with van der Waals surface area (Å²) >= 11 is 0. The van der Waals surface area contributed by atoms with Crippen LogP contribution in [-0.4, -0.2) is 31.4 Å². The lowest BCUT2D eigenvalue weighted by molar-refractivity contribution is 0.412. The van der Waals surface area contributed by atoms with Gasteiger partial charge in [-0.05, 0) is 24.3 Å². The zero-order chi connectivity index (χ0) is 13.2. The van der Waals surface area contributed by atoms with E-state index in [0.29, 0.717) is 6.26 Å². The second-order valence-electron chi connectivity index (χ2n) is 2.43. The van der Waals surface area contributed by atoms with Crippen LogP contribution in [0.2, 0.25) is 0 Å². The van der Waals surface area contributed by atoms with Crippen LogP contribution >= 0.6 is 0 Å². The quantitative estimate of drug-likeness (QED) is 0.744. The van der Waals surface area contributed by atoms with Gasteiger partial charge in [-0.1, -0.05) is 13.8 Å². The highest BCUT2D eigenvalue weighted by atomic mass is 32.2. The van der Waals surface area contributed by atoms with Gasteiger partial charge >= 0.3 is 0 Å². The van der Waals surface area contributed by atoms with Crippen molar-refractivity contribution in [3.63, 3.8) is 0 Å². The Morgan fingerprint density at radius 3 is 1.69 bits per heavy atom. The molecule has 1 aromatic carbocycles. The van der Waals surface area contributed by atoms with Gasteiger partial charge in [0.05, 0.1) is 13.4 Å². The van der Waals surface area contributed by atoms with Crippen LogP contribution in [0, 0.1) is 0 Å². The summed E-state index contributed by atoms with van der Waals surface area (Å²) in [6.45, 7) is 4.00. The smallest absolute Gasteiger partial charge is 0.261 e. The van der Waals surface area contributed by atoms with Crippen LogP contribution in [-0.2, 0) is 10.1 Å². The fourth-order valence-corrected chi connectivity index (χ4v) is 0.582. The predicted molar refractivity (Wildman–Crippen MR) is 63.5 cm³/mol. The molecule has 0 atom stereocenters. The first-order chi connectivity index (χ1) is 7.33. The molecule has 0 heterocycles. The summed E-state index contributed by atoms with van der Waals surface area (Å²) < 4.78 is 30.7. The average Bonchev–Trinajstić information content (AvgIpc) is 2.20. The molecule has 1 aromatic rings. The molecule has 0 saturated carbocycles. The molecule has 0 spiro atoms. The zero-order valence-electron chi connectivity index (χ0n) is 9.84. The SMILES string of the molecule is CC.COc1ccc(O)cc1.CS(=O)(=O)O. The highest BCUT2D eigenvalue weighted by Gasteiger charge is 1.87. The van der Waals surface area contributed by atoms with Gasteiger partial charge in [0, 0.05) is 0 Å². The number of phenols is 1. The highest BCUT2D eigenvalue weighted by Crippen LogP contribution is 2.14. The van der Waals surface area contributed by atoms with Crippen molar-refractivity contribution < 1.29 is 22.8 Å². The molecule has 1 rings (SSSR count). The molecule has 0 bridgehead atoms.